The van der Waals surface area contributed by atoms with Gasteiger partial charge in [0.15, 0.2) is 11.6 Å². The van der Waals surface area contributed by atoms with E-state index in [9.17, 15) is 5.26 Å². The van der Waals surface area contributed by atoms with Crippen LogP contribution in [0.5, 0.6) is 0 Å². The van der Waals surface area contributed by atoms with Crippen molar-refractivity contribution in [2.45, 2.75) is 65.5 Å². The summed E-state index contributed by atoms with van der Waals surface area (Å²) in [4.78, 5) is 0. The monoisotopic (exact) mass is 325 g/mol. The van der Waals surface area contributed by atoms with Crippen molar-refractivity contribution in [3.63, 3.8) is 0 Å². The number of fused-ring (bicyclic) bond motifs is 1. The van der Waals surface area contributed by atoms with Gasteiger partial charge < -0.3 is 9.88 Å². The third kappa shape index (κ3) is 2.84. The van der Waals surface area contributed by atoms with Crippen LogP contribution in [-0.4, -0.2) is 25.0 Å². The Balaban J connectivity index is 1.91. The average molecular weight is 325 g/mol. The van der Waals surface area contributed by atoms with E-state index in [0.29, 0.717) is 11.4 Å². The molecule has 1 atom stereocenters. The van der Waals surface area contributed by atoms with Crippen molar-refractivity contribution in [2.75, 3.05) is 5.32 Å². The Morgan fingerprint density at radius 1 is 1.17 bits per heavy atom. The molecule has 0 bridgehead atoms. The highest BCUT2D eigenvalue weighted by atomic mass is 15.3. The van der Waals surface area contributed by atoms with E-state index < -0.39 is 0 Å². The third-order valence-electron chi connectivity index (χ3n) is 4.59. The van der Waals surface area contributed by atoms with E-state index in [0.717, 1.165) is 55.1 Å². The normalized spacial score (nSPS) is 14.8. The number of hydrogen-bond acceptors (Lipinski definition) is 6. The molecule has 3 heterocycles. The number of aryl methyl sites for hydroxylation is 2. The van der Waals surface area contributed by atoms with E-state index in [-0.39, 0.29) is 6.04 Å². The Morgan fingerprint density at radius 3 is 2.71 bits per heavy atom. The number of hydrogen-bond donors (Lipinski definition) is 1. The maximum Gasteiger partial charge on any atom is 0.167 e. The van der Waals surface area contributed by atoms with Crippen molar-refractivity contribution in [1.82, 2.24) is 25.0 Å². The topological polar surface area (TPSA) is 92.3 Å². The predicted molar refractivity (Wildman–Crippen MR) is 90.5 cm³/mol. The summed E-state index contributed by atoms with van der Waals surface area (Å²) in [5.74, 6) is 2.48. The van der Waals surface area contributed by atoms with Crippen molar-refractivity contribution in [2.24, 2.45) is 0 Å². The number of rotatable bonds is 5. The van der Waals surface area contributed by atoms with E-state index >= 15 is 0 Å². The van der Waals surface area contributed by atoms with Gasteiger partial charge in [0.05, 0.1) is 11.7 Å². The highest BCUT2D eigenvalue weighted by Crippen LogP contribution is 2.25. The molecule has 3 rings (SSSR count). The van der Waals surface area contributed by atoms with E-state index in [1.54, 1.807) is 0 Å². The van der Waals surface area contributed by atoms with Crippen molar-refractivity contribution in [3.8, 4) is 6.07 Å². The molecular weight excluding hydrogens is 302 g/mol. The second-order valence-corrected chi connectivity index (χ2v) is 6.12. The second kappa shape index (κ2) is 6.95. The van der Waals surface area contributed by atoms with Gasteiger partial charge in [-0.3, -0.25) is 0 Å². The SMILES string of the molecule is CCc1nnc(NC(C)c2nnc3n2CCCC3)c(C#N)c1CC. The minimum Gasteiger partial charge on any atom is -0.358 e. The Kier molecular flexibility index (Phi) is 4.74. The zero-order valence-electron chi connectivity index (χ0n) is 14.5. The minimum atomic E-state index is -0.0806. The first-order valence-electron chi connectivity index (χ1n) is 8.66. The maximum absolute atomic E-state index is 9.59. The summed E-state index contributed by atoms with van der Waals surface area (Å²) >= 11 is 0. The second-order valence-electron chi connectivity index (χ2n) is 6.12. The third-order valence-corrected chi connectivity index (χ3v) is 4.59. The predicted octanol–water partition coefficient (Wildman–Crippen LogP) is 2.57. The smallest absolute Gasteiger partial charge is 0.167 e. The quantitative estimate of drug-likeness (QED) is 0.908. The lowest BCUT2D eigenvalue weighted by Gasteiger charge is -2.20. The maximum atomic E-state index is 9.59. The molecule has 1 aliphatic heterocycles. The van der Waals surface area contributed by atoms with Crippen LogP contribution in [0.2, 0.25) is 0 Å². The van der Waals surface area contributed by atoms with E-state index in [1.807, 2.05) is 20.8 Å². The highest BCUT2D eigenvalue weighted by molar-refractivity contribution is 5.57. The highest BCUT2D eigenvalue weighted by Gasteiger charge is 2.22. The molecule has 126 valence electrons. The Morgan fingerprint density at radius 2 is 2.00 bits per heavy atom. The molecule has 0 spiro atoms. The molecule has 24 heavy (non-hydrogen) atoms. The van der Waals surface area contributed by atoms with Gasteiger partial charge in [-0.05, 0) is 38.2 Å². The molecule has 2 aromatic heterocycles. The lowest BCUT2D eigenvalue weighted by molar-refractivity contribution is 0.500. The molecule has 0 saturated heterocycles. The van der Waals surface area contributed by atoms with Gasteiger partial charge in [0.2, 0.25) is 0 Å². The molecule has 0 saturated carbocycles. The van der Waals surface area contributed by atoms with Crippen LogP contribution in [0.1, 0.15) is 68.1 Å². The molecular formula is C17H23N7. The Hall–Kier alpha value is -2.49. The van der Waals surface area contributed by atoms with Crippen molar-refractivity contribution in [1.29, 1.82) is 5.26 Å². The average Bonchev–Trinajstić information content (AvgIpc) is 3.05. The van der Waals surface area contributed by atoms with Crippen LogP contribution < -0.4 is 5.32 Å². The Labute approximate surface area is 142 Å². The first-order valence-corrected chi connectivity index (χ1v) is 8.66. The van der Waals surface area contributed by atoms with Gasteiger partial charge in [-0.1, -0.05) is 13.8 Å². The molecule has 0 fully saturated rings. The van der Waals surface area contributed by atoms with Crippen molar-refractivity contribution < 1.29 is 0 Å². The molecule has 1 unspecified atom stereocenters. The Bertz CT molecular complexity index is 772. The van der Waals surface area contributed by atoms with Crippen LogP contribution in [0, 0.1) is 11.3 Å². The van der Waals surface area contributed by atoms with Crippen molar-refractivity contribution in [3.05, 3.63) is 28.5 Å². The van der Waals surface area contributed by atoms with Crippen LogP contribution in [0.25, 0.3) is 0 Å². The first-order chi connectivity index (χ1) is 11.7. The van der Waals surface area contributed by atoms with Gasteiger partial charge in [-0.25, -0.2) is 0 Å². The van der Waals surface area contributed by atoms with Crippen LogP contribution in [0.4, 0.5) is 5.82 Å². The summed E-state index contributed by atoms with van der Waals surface area (Å²) in [5, 5.41) is 30.1. The number of nitriles is 1. The van der Waals surface area contributed by atoms with Gasteiger partial charge in [-0.15, -0.1) is 15.3 Å². The van der Waals surface area contributed by atoms with Crippen LogP contribution in [0.3, 0.4) is 0 Å². The van der Waals surface area contributed by atoms with Gasteiger partial charge in [-0.2, -0.15) is 10.4 Å². The van der Waals surface area contributed by atoms with E-state index in [1.165, 1.54) is 6.42 Å². The van der Waals surface area contributed by atoms with Gasteiger partial charge >= 0.3 is 0 Å². The summed E-state index contributed by atoms with van der Waals surface area (Å²) < 4.78 is 2.18. The molecule has 7 heteroatoms. The molecule has 1 N–H and O–H groups in total. The number of nitrogens with zero attached hydrogens (tertiary/aromatic N) is 6. The van der Waals surface area contributed by atoms with Crippen LogP contribution >= 0.6 is 0 Å². The van der Waals surface area contributed by atoms with Gasteiger partial charge in [0, 0.05) is 13.0 Å². The first kappa shape index (κ1) is 16.4. The molecule has 0 amide bonds. The lowest BCUT2D eigenvalue weighted by Crippen LogP contribution is -2.19. The number of aromatic nitrogens is 5. The van der Waals surface area contributed by atoms with Crippen LogP contribution in [-0.2, 0) is 25.8 Å². The molecule has 0 radical (unpaired) electrons. The fraction of sp³-hybridized carbons (Fsp3) is 0.588. The molecule has 0 aliphatic carbocycles. The summed E-state index contributed by atoms with van der Waals surface area (Å²) in [6.07, 6.45) is 4.85. The fourth-order valence-electron chi connectivity index (χ4n) is 3.32. The van der Waals surface area contributed by atoms with Crippen LogP contribution in [0.15, 0.2) is 0 Å². The molecule has 2 aromatic rings. The summed E-state index contributed by atoms with van der Waals surface area (Å²) in [6, 6.07) is 2.21. The summed E-state index contributed by atoms with van der Waals surface area (Å²) in [5.41, 5.74) is 2.47. The lowest BCUT2D eigenvalue weighted by atomic mass is 10.0. The zero-order chi connectivity index (χ0) is 17.1. The largest absolute Gasteiger partial charge is 0.358 e. The molecule has 1 aliphatic rings. The van der Waals surface area contributed by atoms with Crippen molar-refractivity contribution >= 4 is 5.82 Å². The van der Waals surface area contributed by atoms with Gasteiger partial charge in [0.25, 0.3) is 0 Å². The molecule has 7 nitrogen and oxygen atoms in total. The van der Waals surface area contributed by atoms with E-state index in [4.69, 9.17) is 0 Å². The number of anilines is 1. The van der Waals surface area contributed by atoms with Gasteiger partial charge in [0.1, 0.15) is 17.5 Å². The zero-order valence-corrected chi connectivity index (χ0v) is 14.5. The summed E-state index contributed by atoms with van der Waals surface area (Å²) in [6.45, 7) is 7.05. The minimum absolute atomic E-state index is 0.0806. The van der Waals surface area contributed by atoms with E-state index in [2.05, 4.69) is 36.3 Å². The summed E-state index contributed by atoms with van der Waals surface area (Å²) in [7, 11) is 0. The molecule has 0 aromatic carbocycles. The number of nitrogens with one attached hydrogen (secondary N) is 1. The fourth-order valence-corrected chi connectivity index (χ4v) is 3.32. The standard InChI is InChI=1S/C17H23N7/c1-4-12-13(10-18)16(22-20-14(12)5-2)19-11(3)17-23-21-15-8-6-7-9-24(15)17/h11H,4-9H2,1-3H3,(H,19,22).